The Bertz CT molecular complexity index is 339. The number of aryl methyl sites for hydroxylation is 1. The van der Waals surface area contributed by atoms with Gasteiger partial charge in [0.15, 0.2) is 0 Å². The maximum Gasteiger partial charge on any atom is 0.0471 e. The topological polar surface area (TPSA) is 32.5 Å². The number of rotatable bonds is 3. The van der Waals surface area contributed by atoms with E-state index in [1.165, 1.54) is 11.1 Å². The van der Waals surface area contributed by atoms with Crippen molar-refractivity contribution < 1.29 is 0 Å². The van der Waals surface area contributed by atoms with Crippen molar-refractivity contribution in [1.82, 2.24) is 9.80 Å². The van der Waals surface area contributed by atoms with Gasteiger partial charge >= 0.3 is 0 Å². The van der Waals surface area contributed by atoms with E-state index in [1.807, 2.05) is 0 Å². The highest BCUT2D eigenvalue weighted by Gasteiger charge is 2.22. The molecule has 1 saturated heterocycles. The van der Waals surface area contributed by atoms with Gasteiger partial charge in [-0.2, -0.15) is 0 Å². The molecule has 2 N–H and O–H groups in total. The fraction of sp³-hybridized carbons (Fsp3) is 0.571. The van der Waals surface area contributed by atoms with Crippen LogP contribution in [0.25, 0.3) is 0 Å². The Balaban J connectivity index is 2.08. The summed E-state index contributed by atoms with van der Waals surface area (Å²) in [5.41, 5.74) is 8.61. The largest absolute Gasteiger partial charge is 0.329 e. The monoisotopic (exact) mass is 233 g/mol. The number of hydrogen-bond donors (Lipinski definition) is 1. The lowest BCUT2D eigenvalue weighted by Crippen LogP contribution is -2.47. The van der Waals surface area contributed by atoms with Gasteiger partial charge in [-0.3, -0.25) is 4.90 Å². The number of likely N-dealkylation sites (N-methyl/N-ethyl adjacent to an activating group) is 1. The van der Waals surface area contributed by atoms with E-state index in [4.69, 9.17) is 5.73 Å². The standard InChI is InChI=1S/C14H23N3/c1-12-3-5-13(6-4-12)14(11-15)17-9-7-16(2)8-10-17/h3-6,14H,7-11,15H2,1-2H3/t14-/m1/s1. The van der Waals surface area contributed by atoms with Crippen LogP contribution in [-0.2, 0) is 0 Å². The minimum absolute atomic E-state index is 0.379. The van der Waals surface area contributed by atoms with Gasteiger partial charge in [-0.15, -0.1) is 0 Å². The van der Waals surface area contributed by atoms with Crippen molar-refractivity contribution >= 4 is 0 Å². The molecule has 1 fully saturated rings. The third kappa shape index (κ3) is 3.06. The molecule has 3 heteroatoms. The predicted octanol–water partition coefficient (Wildman–Crippen LogP) is 1.24. The zero-order valence-corrected chi connectivity index (χ0v) is 10.9. The van der Waals surface area contributed by atoms with E-state index in [1.54, 1.807) is 0 Å². The molecule has 1 atom stereocenters. The summed E-state index contributed by atoms with van der Waals surface area (Å²) in [4.78, 5) is 4.88. The van der Waals surface area contributed by atoms with Gasteiger partial charge < -0.3 is 10.6 Å². The number of piperazine rings is 1. The molecule has 0 unspecified atom stereocenters. The molecule has 0 aliphatic carbocycles. The maximum absolute atomic E-state index is 5.95. The lowest BCUT2D eigenvalue weighted by Gasteiger charge is -2.37. The van der Waals surface area contributed by atoms with Crippen molar-refractivity contribution in [3.8, 4) is 0 Å². The van der Waals surface area contributed by atoms with E-state index in [9.17, 15) is 0 Å². The Hall–Kier alpha value is -0.900. The fourth-order valence-corrected chi connectivity index (χ4v) is 2.42. The van der Waals surface area contributed by atoms with Gasteiger partial charge in [0.1, 0.15) is 0 Å². The first-order valence-corrected chi connectivity index (χ1v) is 6.40. The number of nitrogens with two attached hydrogens (primary N) is 1. The van der Waals surface area contributed by atoms with Crippen LogP contribution in [0.4, 0.5) is 0 Å². The summed E-state index contributed by atoms with van der Waals surface area (Å²) < 4.78 is 0. The van der Waals surface area contributed by atoms with Crippen LogP contribution in [0.2, 0.25) is 0 Å². The smallest absolute Gasteiger partial charge is 0.0471 e. The quantitative estimate of drug-likeness (QED) is 0.852. The normalized spacial score (nSPS) is 20.4. The molecule has 17 heavy (non-hydrogen) atoms. The van der Waals surface area contributed by atoms with Crippen molar-refractivity contribution in [3.05, 3.63) is 35.4 Å². The Morgan fingerprint density at radius 1 is 1.12 bits per heavy atom. The molecular weight excluding hydrogens is 210 g/mol. The van der Waals surface area contributed by atoms with Crippen LogP contribution in [-0.4, -0.2) is 49.6 Å². The molecule has 94 valence electrons. The lowest BCUT2D eigenvalue weighted by atomic mass is 10.0. The minimum Gasteiger partial charge on any atom is -0.329 e. The molecule has 2 rings (SSSR count). The Labute approximate surface area is 104 Å². The van der Waals surface area contributed by atoms with Crippen LogP contribution in [0.1, 0.15) is 17.2 Å². The van der Waals surface area contributed by atoms with Gasteiger partial charge in [-0.05, 0) is 19.5 Å². The van der Waals surface area contributed by atoms with Crippen LogP contribution >= 0.6 is 0 Å². The van der Waals surface area contributed by atoms with Gasteiger partial charge in [0.2, 0.25) is 0 Å². The van der Waals surface area contributed by atoms with E-state index < -0.39 is 0 Å². The average Bonchev–Trinajstić information content (AvgIpc) is 2.35. The summed E-state index contributed by atoms with van der Waals surface area (Å²) in [5, 5.41) is 0. The molecule has 0 spiro atoms. The van der Waals surface area contributed by atoms with Gasteiger partial charge in [-0.1, -0.05) is 29.8 Å². The summed E-state index contributed by atoms with van der Waals surface area (Å²) in [5.74, 6) is 0. The van der Waals surface area contributed by atoms with Crippen molar-refractivity contribution in [2.24, 2.45) is 5.73 Å². The first-order valence-electron chi connectivity index (χ1n) is 6.40. The van der Waals surface area contributed by atoms with Crippen molar-refractivity contribution in [2.75, 3.05) is 39.8 Å². The highest BCUT2D eigenvalue weighted by atomic mass is 15.3. The summed E-state index contributed by atoms with van der Waals surface area (Å²) >= 11 is 0. The summed E-state index contributed by atoms with van der Waals surface area (Å²) in [6, 6.07) is 9.16. The molecule has 0 radical (unpaired) electrons. The summed E-state index contributed by atoms with van der Waals surface area (Å²) in [6.07, 6.45) is 0. The molecular formula is C14H23N3. The van der Waals surface area contributed by atoms with Crippen molar-refractivity contribution in [2.45, 2.75) is 13.0 Å². The first kappa shape index (κ1) is 12.6. The fourth-order valence-electron chi connectivity index (χ4n) is 2.42. The van der Waals surface area contributed by atoms with Crippen LogP contribution < -0.4 is 5.73 Å². The molecule has 0 amide bonds. The molecule has 1 heterocycles. The highest BCUT2D eigenvalue weighted by molar-refractivity contribution is 5.24. The first-order chi connectivity index (χ1) is 8.20. The zero-order valence-electron chi connectivity index (χ0n) is 10.9. The van der Waals surface area contributed by atoms with E-state index in [0.717, 1.165) is 26.2 Å². The molecule has 3 nitrogen and oxygen atoms in total. The van der Waals surface area contributed by atoms with Crippen molar-refractivity contribution in [3.63, 3.8) is 0 Å². The zero-order chi connectivity index (χ0) is 12.3. The second-order valence-corrected chi connectivity index (χ2v) is 5.00. The predicted molar refractivity (Wildman–Crippen MR) is 72.0 cm³/mol. The van der Waals surface area contributed by atoms with E-state index in [0.29, 0.717) is 12.6 Å². The molecule has 0 aromatic heterocycles. The Morgan fingerprint density at radius 2 is 1.71 bits per heavy atom. The molecule has 1 aliphatic heterocycles. The molecule has 1 aromatic rings. The minimum atomic E-state index is 0.379. The second kappa shape index (κ2) is 5.63. The molecule has 1 aliphatic rings. The summed E-state index contributed by atoms with van der Waals surface area (Å²) in [6.45, 7) is 7.34. The maximum atomic E-state index is 5.95. The lowest BCUT2D eigenvalue weighted by molar-refractivity contribution is 0.114. The number of benzene rings is 1. The molecule has 0 bridgehead atoms. The number of nitrogens with zero attached hydrogens (tertiary/aromatic N) is 2. The van der Waals surface area contributed by atoms with Gasteiger partial charge in [0, 0.05) is 38.8 Å². The molecule has 1 aromatic carbocycles. The SMILES string of the molecule is Cc1ccc([C@@H](CN)N2CCN(C)CC2)cc1. The van der Waals surface area contributed by atoms with Crippen LogP contribution in [0, 0.1) is 6.92 Å². The highest BCUT2D eigenvalue weighted by Crippen LogP contribution is 2.21. The van der Waals surface area contributed by atoms with E-state index >= 15 is 0 Å². The van der Waals surface area contributed by atoms with Crippen LogP contribution in [0.3, 0.4) is 0 Å². The van der Waals surface area contributed by atoms with Gasteiger partial charge in [-0.25, -0.2) is 0 Å². The van der Waals surface area contributed by atoms with Gasteiger partial charge in [0.05, 0.1) is 0 Å². The third-order valence-electron chi connectivity index (χ3n) is 3.66. The number of hydrogen-bond acceptors (Lipinski definition) is 3. The summed E-state index contributed by atoms with van der Waals surface area (Å²) in [7, 11) is 2.18. The second-order valence-electron chi connectivity index (χ2n) is 5.00. The van der Waals surface area contributed by atoms with Crippen molar-refractivity contribution in [1.29, 1.82) is 0 Å². The average molecular weight is 233 g/mol. The van der Waals surface area contributed by atoms with E-state index in [2.05, 4.69) is 48.0 Å². The van der Waals surface area contributed by atoms with E-state index in [-0.39, 0.29) is 0 Å². The Kier molecular flexibility index (Phi) is 4.15. The Morgan fingerprint density at radius 3 is 2.24 bits per heavy atom. The van der Waals surface area contributed by atoms with Crippen LogP contribution in [0.5, 0.6) is 0 Å². The van der Waals surface area contributed by atoms with Gasteiger partial charge in [0.25, 0.3) is 0 Å². The molecule has 0 saturated carbocycles. The van der Waals surface area contributed by atoms with Crippen LogP contribution in [0.15, 0.2) is 24.3 Å². The third-order valence-corrected chi connectivity index (χ3v) is 3.66.